The monoisotopic (exact) mass is 510 g/mol. The van der Waals surface area contributed by atoms with E-state index >= 15 is 0 Å². The van der Waals surface area contributed by atoms with Crippen LogP contribution in [0.25, 0.3) is 0 Å². The Kier molecular flexibility index (Phi) is 6.32. The predicted molar refractivity (Wildman–Crippen MR) is 129 cm³/mol. The van der Waals surface area contributed by atoms with Crippen LogP contribution in [0.5, 0.6) is 5.75 Å². The number of hydrogen-bond acceptors (Lipinski definition) is 8. The quantitative estimate of drug-likeness (QED) is 0.499. The molecule has 0 saturated carbocycles. The Bertz CT molecular complexity index is 1430. The average molecular weight is 511 g/mol. The van der Waals surface area contributed by atoms with E-state index in [2.05, 4.69) is 9.97 Å². The van der Waals surface area contributed by atoms with Gasteiger partial charge in [0.15, 0.2) is 17.2 Å². The summed E-state index contributed by atoms with van der Waals surface area (Å²) in [5.41, 5.74) is -1.36. The lowest BCUT2D eigenvalue weighted by Crippen LogP contribution is -2.69. The molecule has 2 aliphatic heterocycles. The predicted octanol–water partition coefficient (Wildman–Crippen LogP) is 1.70. The third-order valence-electron chi connectivity index (χ3n) is 6.70. The fourth-order valence-electron chi connectivity index (χ4n) is 4.82. The van der Waals surface area contributed by atoms with Gasteiger partial charge in [0.1, 0.15) is 17.8 Å². The fourth-order valence-corrected chi connectivity index (χ4v) is 4.82. The number of aryl methyl sites for hydroxylation is 1. The first-order chi connectivity index (χ1) is 17.8. The third-order valence-corrected chi connectivity index (χ3v) is 6.70. The summed E-state index contributed by atoms with van der Waals surface area (Å²) in [5, 5.41) is 12.6. The van der Waals surface area contributed by atoms with Crippen molar-refractivity contribution in [2.24, 2.45) is 0 Å². The molecule has 1 N–H and O–H groups in total. The van der Waals surface area contributed by atoms with Crippen LogP contribution in [-0.4, -0.2) is 68.7 Å². The van der Waals surface area contributed by atoms with Crippen molar-refractivity contribution in [3.8, 4) is 5.75 Å². The van der Waals surface area contributed by atoms with Gasteiger partial charge in [0.2, 0.25) is 11.4 Å². The number of Topliss-reactive ketones (excluding diaryl/α,β-unsaturated/α-hetero) is 1. The van der Waals surface area contributed by atoms with Crippen molar-refractivity contribution < 1.29 is 23.5 Å². The highest BCUT2D eigenvalue weighted by atomic mass is 19.1. The molecule has 0 spiro atoms. The number of anilines is 1. The molecular formula is C25H24F2N6O4. The van der Waals surface area contributed by atoms with E-state index in [0.717, 1.165) is 12.1 Å². The van der Waals surface area contributed by atoms with Crippen LogP contribution >= 0.6 is 0 Å². The molecule has 0 bridgehead atoms. The van der Waals surface area contributed by atoms with Gasteiger partial charge in [-0.3, -0.25) is 24.1 Å². The molecule has 2 aliphatic rings. The summed E-state index contributed by atoms with van der Waals surface area (Å²) < 4.78 is 28.6. The van der Waals surface area contributed by atoms with Gasteiger partial charge in [-0.05, 0) is 31.0 Å². The normalized spacial score (nSPS) is 17.0. The van der Waals surface area contributed by atoms with E-state index in [1.165, 1.54) is 16.9 Å². The number of likely N-dealkylation sites (N-methyl/N-ethyl adjacent to an activating group) is 1. The van der Waals surface area contributed by atoms with Crippen molar-refractivity contribution in [3.63, 3.8) is 0 Å². The Morgan fingerprint density at radius 2 is 1.92 bits per heavy atom. The molecule has 1 amide bonds. The summed E-state index contributed by atoms with van der Waals surface area (Å²) in [6, 6.07) is 4.77. The van der Waals surface area contributed by atoms with E-state index in [0.29, 0.717) is 32.1 Å². The number of amides is 1. The van der Waals surface area contributed by atoms with Gasteiger partial charge in [-0.1, -0.05) is 6.07 Å². The molecule has 0 radical (unpaired) electrons. The summed E-state index contributed by atoms with van der Waals surface area (Å²) in [5.74, 6) is -2.98. The topological polar surface area (TPSA) is 112 Å². The molecule has 1 fully saturated rings. The minimum Gasteiger partial charge on any atom is -0.502 e. The van der Waals surface area contributed by atoms with Gasteiger partial charge >= 0.3 is 0 Å². The molecule has 0 unspecified atom stereocenters. The summed E-state index contributed by atoms with van der Waals surface area (Å²) in [6.45, 7) is 3.36. The highest BCUT2D eigenvalue weighted by Crippen LogP contribution is 2.28. The second kappa shape index (κ2) is 9.60. The molecule has 1 saturated heterocycles. The lowest BCUT2D eigenvalue weighted by molar-refractivity contribution is 0.0569. The first kappa shape index (κ1) is 24.3. The van der Waals surface area contributed by atoms with E-state index < -0.39 is 40.7 Å². The molecule has 2 aromatic heterocycles. The smallest absolute Gasteiger partial charge is 0.278 e. The number of fused-ring (bicyclic) bond motifs is 3. The maximum Gasteiger partial charge on any atom is 0.278 e. The number of aromatic nitrogens is 3. The first-order valence-corrected chi connectivity index (χ1v) is 11.9. The molecule has 37 heavy (non-hydrogen) atoms. The highest BCUT2D eigenvalue weighted by Gasteiger charge is 2.43. The molecule has 1 aromatic carbocycles. The number of piperazine rings is 1. The summed E-state index contributed by atoms with van der Waals surface area (Å²) in [7, 11) is 0. The zero-order chi connectivity index (χ0) is 26.3. The summed E-state index contributed by atoms with van der Waals surface area (Å²) in [4.78, 5) is 51.3. The van der Waals surface area contributed by atoms with Crippen LogP contribution in [0, 0.1) is 11.6 Å². The molecular weight excluding hydrogens is 486 g/mol. The number of carbonyl (C=O) groups is 2. The Morgan fingerprint density at radius 1 is 1.16 bits per heavy atom. The van der Waals surface area contributed by atoms with E-state index in [1.54, 1.807) is 30.3 Å². The Morgan fingerprint density at radius 3 is 2.62 bits per heavy atom. The fraction of sp³-hybridized carbons (Fsp3) is 0.320. The Labute approximate surface area is 210 Å². The van der Waals surface area contributed by atoms with Crippen molar-refractivity contribution in [1.82, 2.24) is 19.5 Å². The standard InChI is InChI=1S/C25H24F2N6O4/c1-2-31-20-14-30(25-28-8-3-9-29-25)10-11-32(20)33-13-17(22(35)23(36)21(33)24(31)37)19(34)7-5-15-4-6-16(26)12-18(15)27/h3-4,6,8-9,12-13,20,36H,2,5,7,10-11,14H2,1H3/t20-/m0/s1. The van der Waals surface area contributed by atoms with Gasteiger partial charge in [0.25, 0.3) is 5.91 Å². The van der Waals surface area contributed by atoms with Crippen molar-refractivity contribution in [2.45, 2.75) is 25.9 Å². The zero-order valence-electron chi connectivity index (χ0n) is 20.0. The van der Waals surface area contributed by atoms with Gasteiger partial charge in [-0.15, -0.1) is 0 Å². The van der Waals surface area contributed by atoms with E-state index in [-0.39, 0.29) is 29.7 Å². The number of pyridine rings is 1. The largest absolute Gasteiger partial charge is 0.502 e. The molecule has 10 nitrogen and oxygen atoms in total. The average Bonchev–Trinajstić information content (AvgIpc) is 2.90. The molecule has 1 atom stereocenters. The van der Waals surface area contributed by atoms with Crippen LogP contribution in [0.15, 0.2) is 47.7 Å². The maximum absolute atomic E-state index is 14.0. The lowest BCUT2D eigenvalue weighted by atomic mass is 10.0. The maximum atomic E-state index is 14.0. The Balaban J connectivity index is 1.47. The number of halogens is 2. The van der Waals surface area contributed by atoms with Gasteiger partial charge in [0.05, 0.1) is 18.7 Å². The van der Waals surface area contributed by atoms with Gasteiger partial charge in [-0.2, -0.15) is 0 Å². The zero-order valence-corrected chi connectivity index (χ0v) is 20.0. The highest BCUT2D eigenvalue weighted by molar-refractivity contribution is 6.00. The molecule has 0 aliphatic carbocycles. The Hall–Kier alpha value is -4.35. The van der Waals surface area contributed by atoms with Crippen LogP contribution in [0.4, 0.5) is 14.7 Å². The number of nitrogens with zero attached hydrogens (tertiary/aromatic N) is 6. The lowest BCUT2D eigenvalue weighted by Gasteiger charge is -2.51. The number of ketones is 1. The number of hydrogen-bond donors (Lipinski definition) is 1. The van der Waals surface area contributed by atoms with Crippen molar-refractivity contribution in [3.05, 3.63) is 81.5 Å². The second-order valence-electron chi connectivity index (χ2n) is 8.80. The van der Waals surface area contributed by atoms with Gasteiger partial charge < -0.3 is 14.9 Å². The van der Waals surface area contributed by atoms with Gasteiger partial charge in [-0.25, -0.2) is 18.7 Å². The van der Waals surface area contributed by atoms with E-state index in [1.807, 2.05) is 9.91 Å². The van der Waals surface area contributed by atoms with E-state index in [9.17, 15) is 28.3 Å². The van der Waals surface area contributed by atoms with Crippen LogP contribution in [0.3, 0.4) is 0 Å². The molecule has 192 valence electrons. The molecule has 5 rings (SSSR count). The minimum atomic E-state index is -0.963. The van der Waals surface area contributed by atoms with Crippen LogP contribution < -0.4 is 15.3 Å². The van der Waals surface area contributed by atoms with Crippen molar-refractivity contribution in [1.29, 1.82) is 0 Å². The minimum absolute atomic E-state index is 0.0617. The molecule has 4 heterocycles. The number of rotatable bonds is 6. The SMILES string of the molecule is CCN1C(=O)c2c(O)c(=O)c(C(=O)CCc3ccc(F)cc3F)cn2N2CCN(c3ncccn3)C[C@@H]12. The molecule has 3 aromatic rings. The van der Waals surface area contributed by atoms with Crippen LogP contribution in [0.2, 0.25) is 0 Å². The molecule has 12 heteroatoms. The second-order valence-corrected chi connectivity index (χ2v) is 8.80. The summed E-state index contributed by atoms with van der Waals surface area (Å²) >= 11 is 0. The first-order valence-electron chi connectivity index (χ1n) is 11.9. The van der Waals surface area contributed by atoms with Gasteiger partial charge in [0, 0.05) is 44.2 Å². The van der Waals surface area contributed by atoms with Crippen molar-refractivity contribution in [2.75, 3.05) is 36.1 Å². The third kappa shape index (κ3) is 4.28. The van der Waals surface area contributed by atoms with Crippen molar-refractivity contribution >= 4 is 17.6 Å². The summed E-state index contributed by atoms with van der Waals surface area (Å²) in [6.07, 6.45) is 3.76. The van der Waals surface area contributed by atoms with Crippen LogP contribution in [-0.2, 0) is 6.42 Å². The van der Waals surface area contributed by atoms with Crippen LogP contribution in [0.1, 0.15) is 39.8 Å². The number of benzene rings is 1. The number of carbonyl (C=O) groups excluding carboxylic acids is 2. The van der Waals surface area contributed by atoms with E-state index in [4.69, 9.17) is 0 Å². The number of aromatic hydroxyl groups is 1.